The van der Waals surface area contributed by atoms with Gasteiger partial charge in [0.2, 0.25) is 0 Å². The molecule has 0 unspecified atom stereocenters. The minimum atomic E-state index is 0.728. The number of halogens is 1. The highest BCUT2D eigenvalue weighted by molar-refractivity contribution is 6.30. The van der Waals surface area contributed by atoms with Crippen LogP contribution < -0.4 is 10.1 Å². The van der Waals surface area contributed by atoms with Crippen LogP contribution in [0.15, 0.2) is 36.4 Å². The van der Waals surface area contributed by atoms with E-state index in [1.165, 1.54) is 5.56 Å². The molecule has 1 N–H and O–H groups in total. The Morgan fingerprint density at radius 3 is 2.21 bits per heavy atom. The number of ether oxygens (including phenoxy) is 1. The Morgan fingerprint density at radius 1 is 1.00 bits per heavy atom. The molecule has 0 amide bonds. The van der Waals surface area contributed by atoms with E-state index in [-0.39, 0.29) is 0 Å². The predicted octanol–water partition coefficient (Wildman–Crippen LogP) is 4.47. The van der Waals surface area contributed by atoms with Gasteiger partial charge in [-0.1, -0.05) is 23.7 Å². The number of hydrogen-bond donors (Lipinski definition) is 1. The maximum absolute atomic E-state index is 5.95. The average molecular weight is 276 g/mol. The minimum absolute atomic E-state index is 0.728. The molecule has 2 rings (SSSR count). The molecule has 0 aliphatic heterocycles. The zero-order valence-electron chi connectivity index (χ0n) is 11.5. The summed E-state index contributed by atoms with van der Waals surface area (Å²) in [5, 5.41) is 3.87. The summed E-state index contributed by atoms with van der Waals surface area (Å²) in [6, 6.07) is 11.9. The van der Waals surface area contributed by atoms with Gasteiger partial charge in [0.05, 0.1) is 0 Å². The van der Waals surface area contributed by atoms with Crippen LogP contribution in [-0.2, 0) is 6.54 Å². The fourth-order valence-corrected chi connectivity index (χ4v) is 2.21. The third-order valence-corrected chi connectivity index (χ3v) is 3.21. The molecule has 0 heterocycles. The Bertz CT molecular complexity index is 581. The Hall–Kier alpha value is -1.51. The van der Waals surface area contributed by atoms with Gasteiger partial charge in [0.15, 0.2) is 0 Å². The van der Waals surface area contributed by atoms with Gasteiger partial charge < -0.3 is 10.1 Å². The van der Waals surface area contributed by atoms with Gasteiger partial charge >= 0.3 is 0 Å². The van der Waals surface area contributed by atoms with Crippen LogP contribution in [0.3, 0.4) is 0 Å². The topological polar surface area (TPSA) is 21.3 Å². The standard InChI is InChI=1S/C16H18ClNO/c1-11-8-13(10-18-3)4-6-15(11)19-16-7-5-14(17)9-12(16)2/h4-9,18H,10H2,1-3H3. The molecule has 19 heavy (non-hydrogen) atoms. The van der Waals surface area contributed by atoms with E-state index in [0.29, 0.717) is 0 Å². The molecule has 0 aliphatic carbocycles. The van der Waals surface area contributed by atoms with Crippen LogP contribution in [0.4, 0.5) is 0 Å². The first-order valence-electron chi connectivity index (χ1n) is 6.28. The first-order chi connectivity index (χ1) is 9.10. The molecule has 0 saturated heterocycles. The van der Waals surface area contributed by atoms with E-state index < -0.39 is 0 Å². The highest BCUT2D eigenvalue weighted by atomic mass is 35.5. The van der Waals surface area contributed by atoms with Crippen molar-refractivity contribution in [3.05, 3.63) is 58.1 Å². The van der Waals surface area contributed by atoms with Crippen LogP contribution in [0, 0.1) is 13.8 Å². The van der Waals surface area contributed by atoms with Gasteiger partial charge in [0, 0.05) is 11.6 Å². The van der Waals surface area contributed by atoms with Crippen LogP contribution in [0.1, 0.15) is 16.7 Å². The van der Waals surface area contributed by atoms with Crippen molar-refractivity contribution < 1.29 is 4.74 Å². The lowest BCUT2D eigenvalue weighted by atomic mass is 10.1. The van der Waals surface area contributed by atoms with Crippen molar-refractivity contribution in [2.75, 3.05) is 7.05 Å². The number of aryl methyl sites for hydroxylation is 2. The number of benzene rings is 2. The molecule has 0 aromatic heterocycles. The molecular formula is C16H18ClNO. The number of rotatable bonds is 4. The summed E-state index contributed by atoms with van der Waals surface area (Å²) < 4.78 is 5.95. The fourth-order valence-electron chi connectivity index (χ4n) is 1.99. The van der Waals surface area contributed by atoms with Crippen molar-refractivity contribution in [3.63, 3.8) is 0 Å². The van der Waals surface area contributed by atoms with Crippen LogP contribution in [0.2, 0.25) is 5.02 Å². The van der Waals surface area contributed by atoms with Crippen LogP contribution in [0.25, 0.3) is 0 Å². The molecule has 2 aromatic rings. The first-order valence-corrected chi connectivity index (χ1v) is 6.66. The van der Waals surface area contributed by atoms with Gasteiger partial charge in [0.25, 0.3) is 0 Å². The molecule has 0 aliphatic rings. The summed E-state index contributed by atoms with van der Waals surface area (Å²) in [5.74, 6) is 1.72. The van der Waals surface area contributed by atoms with E-state index in [1.54, 1.807) is 0 Å². The largest absolute Gasteiger partial charge is 0.457 e. The lowest BCUT2D eigenvalue weighted by molar-refractivity contribution is 0.475. The average Bonchev–Trinajstić information content (AvgIpc) is 2.36. The minimum Gasteiger partial charge on any atom is -0.457 e. The zero-order chi connectivity index (χ0) is 13.8. The third kappa shape index (κ3) is 3.49. The van der Waals surface area contributed by atoms with Gasteiger partial charge in [-0.2, -0.15) is 0 Å². The van der Waals surface area contributed by atoms with Crippen molar-refractivity contribution in [2.24, 2.45) is 0 Å². The molecule has 2 aromatic carbocycles. The van der Waals surface area contributed by atoms with Crippen LogP contribution >= 0.6 is 11.6 Å². The van der Waals surface area contributed by atoms with Crippen LogP contribution in [-0.4, -0.2) is 7.05 Å². The van der Waals surface area contributed by atoms with Gasteiger partial charge in [-0.25, -0.2) is 0 Å². The van der Waals surface area contributed by atoms with Crippen molar-refractivity contribution in [2.45, 2.75) is 20.4 Å². The summed E-state index contributed by atoms with van der Waals surface area (Å²) in [4.78, 5) is 0. The molecular weight excluding hydrogens is 258 g/mol. The normalized spacial score (nSPS) is 10.5. The smallest absolute Gasteiger partial charge is 0.130 e. The molecule has 100 valence electrons. The van der Waals surface area contributed by atoms with E-state index in [1.807, 2.05) is 38.2 Å². The molecule has 0 fully saturated rings. The highest BCUT2D eigenvalue weighted by Crippen LogP contribution is 2.29. The quantitative estimate of drug-likeness (QED) is 0.889. The van der Waals surface area contributed by atoms with E-state index in [9.17, 15) is 0 Å². The van der Waals surface area contributed by atoms with Gasteiger partial charge in [0.1, 0.15) is 11.5 Å². The maximum Gasteiger partial charge on any atom is 0.130 e. The molecule has 0 spiro atoms. The summed E-state index contributed by atoms with van der Waals surface area (Å²) in [5.41, 5.74) is 3.41. The second-order valence-electron chi connectivity index (χ2n) is 4.64. The van der Waals surface area contributed by atoms with E-state index in [0.717, 1.165) is 34.2 Å². The molecule has 0 radical (unpaired) electrons. The summed E-state index contributed by atoms with van der Waals surface area (Å²) in [6.07, 6.45) is 0. The third-order valence-electron chi connectivity index (χ3n) is 2.98. The first kappa shape index (κ1) is 13.9. The van der Waals surface area contributed by atoms with Gasteiger partial charge in [-0.05, 0) is 61.9 Å². The van der Waals surface area contributed by atoms with Gasteiger partial charge in [-0.3, -0.25) is 0 Å². The zero-order valence-corrected chi connectivity index (χ0v) is 12.2. The lowest BCUT2D eigenvalue weighted by Crippen LogP contribution is -2.05. The SMILES string of the molecule is CNCc1ccc(Oc2ccc(Cl)cc2C)c(C)c1. The molecule has 3 heteroatoms. The summed E-state index contributed by atoms with van der Waals surface area (Å²) >= 11 is 5.94. The van der Waals surface area contributed by atoms with Crippen molar-refractivity contribution in [1.82, 2.24) is 5.32 Å². The molecule has 2 nitrogen and oxygen atoms in total. The summed E-state index contributed by atoms with van der Waals surface area (Å²) in [7, 11) is 1.94. The van der Waals surface area contributed by atoms with Gasteiger partial charge in [-0.15, -0.1) is 0 Å². The Morgan fingerprint density at radius 2 is 1.63 bits per heavy atom. The second-order valence-corrected chi connectivity index (χ2v) is 5.08. The van der Waals surface area contributed by atoms with E-state index in [2.05, 4.69) is 24.4 Å². The second kappa shape index (κ2) is 6.09. The number of nitrogens with one attached hydrogen (secondary N) is 1. The van der Waals surface area contributed by atoms with Crippen molar-refractivity contribution >= 4 is 11.6 Å². The predicted molar refractivity (Wildman–Crippen MR) is 80.2 cm³/mol. The van der Waals surface area contributed by atoms with E-state index in [4.69, 9.17) is 16.3 Å². The summed E-state index contributed by atoms with van der Waals surface area (Å²) in [6.45, 7) is 4.91. The fraction of sp³-hybridized carbons (Fsp3) is 0.250. The Labute approximate surface area is 119 Å². The highest BCUT2D eigenvalue weighted by Gasteiger charge is 2.05. The Kier molecular flexibility index (Phi) is 4.46. The Balaban J connectivity index is 2.23. The van der Waals surface area contributed by atoms with Crippen LogP contribution in [0.5, 0.6) is 11.5 Å². The van der Waals surface area contributed by atoms with Crippen molar-refractivity contribution in [1.29, 1.82) is 0 Å². The molecule has 0 saturated carbocycles. The monoisotopic (exact) mass is 275 g/mol. The van der Waals surface area contributed by atoms with E-state index >= 15 is 0 Å². The van der Waals surface area contributed by atoms with Crippen molar-refractivity contribution in [3.8, 4) is 11.5 Å². The maximum atomic E-state index is 5.95. The number of hydrogen-bond acceptors (Lipinski definition) is 2. The lowest BCUT2D eigenvalue weighted by Gasteiger charge is -2.12. The molecule has 0 bridgehead atoms. The molecule has 0 atom stereocenters.